The van der Waals surface area contributed by atoms with Crippen LogP contribution in [0.2, 0.25) is 0 Å². The maximum atomic E-state index is 13.1. The molecule has 1 aliphatic rings. The van der Waals surface area contributed by atoms with Gasteiger partial charge in [-0.05, 0) is 55.3 Å². The Morgan fingerprint density at radius 1 is 0.783 bits per heavy atom. The van der Waals surface area contributed by atoms with Gasteiger partial charge in [-0.1, -0.05) is 30.9 Å². The van der Waals surface area contributed by atoms with Crippen LogP contribution in [0.15, 0.2) is 67.4 Å². The summed E-state index contributed by atoms with van der Waals surface area (Å²) in [5.41, 5.74) is 5.78. The zero-order chi connectivity index (χ0) is 42.7. The number of aryl methyl sites for hydroxylation is 1. The van der Waals surface area contributed by atoms with Crippen molar-refractivity contribution in [3.05, 3.63) is 89.8 Å². The van der Waals surface area contributed by atoms with Crippen molar-refractivity contribution in [2.24, 2.45) is 7.05 Å². The van der Waals surface area contributed by atoms with E-state index in [4.69, 9.17) is 33.2 Å². The molecule has 1 N–H and O–H groups in total. The number of imide groups is 1. The lowest BCUT2D eigenvalue weighted by molar-refractivity contribution is -0.124. The van der Waals surface area contributed by atoms with Crippen molar-refractivity contribution < 1.29 is 52.3 Å². The maximum Gasteiger partial charge on any atom is 0.262 e. The Morgan fingerprint density at radius 3 is 1.95 bits per heavy atom. The summed E-state index contributed by atoms with van der Waals surface area (Å²) in [5.74, 6) is -0.786. The van der Waals surface area contributed by atoms with Gasteiger partial charge < -0.3 is 47.8 Å². The first-order chi connectivity index (χ1) is 29.3. The Morgan fingerprint density at radius 2 is 1.38 bits per heavy atom. The van der Waals surface area contributed by atoms with Gasteiger partial charge in [-0.2, -0.15) is 0 Å². The number of hydrogen-bond donors (Lipinski definition) is 1. The average molecular weight is 827 g/mol. The average Bonchev–Trinajstić information content (AvgIpc) is 3.68. The Balaban J connectivity index is 0.836. The number of fused-ring (bicyclic) bond motifs is 2. The molecule has 0 aliphatic carbocycles. The van der Waals surface area contributed by atoms with Crippen molar-refractivity contribution >= 4 is 47.1 Å². The number of aromatic nitrogens is 2. The van der Waals surface area contributed by atoms with Crippen LogP contribution in [-0.2, 0) is 40.3 Å². The van der Waals surface area contributed by atoms with Crippen LogP contribution in [0.1, 0.15) is 51.7 Å². The molecular weight excluding hydrogens is 773 g/mol. The number of likely N-dealkylation sites (N-methyl/N-ethyl adjacent to an activating group) is 1. The second kappa shape index (κ2) is 23.8. The number of carbonyl (C=O) groups is 4. The molecule has 3 heterocycles. The highest BCUT2D eigenvalue weighted by Gasteiger charge is 2.42. The molecule has 0 saturated carbocycles. The van der Waals surface area contributed by atoms with Crippen molar-refractivity contribution in [1.29, 1.82) is 0 Å². The molecule has 1 unspecified atom stereocenters. The number of hydrogen-bond acceptors (Lipinski definition) is 12. The van der Waals surface area contributed by atoms with Crippen LogP contribution >= 0.6 is 0 Å². The fourth-order valence-corrected chi connectivity index (χ4v) is 6.66. The lowest BCUT2D eigenvalue weighted by Gasteiger charge is -2.24. The fourth-order valence-electron chi connectivity index (χ4n) is 6.66. The summed E-state index contributed by atoms with van der Waals surface area (Å²) in [7, 11) is 3.48. The van der Waals surface area contributed by atoms with Crippen molar-refractivity contribution in [3.8, 4) is 22.8 Å². The lowest BCUT2D eigenvalue weighted by Crippen LogP contribution is -2.48. The number of amides is 3. The van der Waals surface area contributed by atoms with E-state index in [2.05, 4.69) is 52.8 Å². The van der Waals surface area contributed by atoms with E-state index < -0.39 is 23.8 Å². The van der Waals surface area contributed by atoms with Gasteiger partial charge >= 0.3 is 0 Å². The fraction of sp³-hybridized carbons (Fsp3) is 0.400. The summed E-state index contributed by atoms with van der Waals surface area (Å²) in [4.78, 5) is 54.6. The van der Waals surface area contributed by atoms with Gasteiger partial charge in [0, 0.05) is 60.5 Å². The SMILES string of the molecule is C=Cc1c(/C=C\C)n(C)c2cc(-c3ccc(OCCOCCOCCOCCOCCOCCOc4ccc5c(c4)C(=O)N(C(CCC=O)C(=O)NC)C5=O)nc3)ccc12. The number of allylic oxidation sites excluding steroid dienone is 1. The smallest absolute Gasteiger partial charge is 0.262 e. The molecule has 320 valence electrons. The molecule has 60 heavy (non-hydrogen) atoms. The third-order valence-electron chi connectivity index (χ3n) is 9.66. The van der Waals surface area contributed by atoms with Crippen LogP contribution in [-0.4, -0.2) is 131 Å². The van der Waals surface area contributed by atoms with Crippen LogP contribution in [0.3, 0.4) is 0 Å². The zero-order valence-electron chi connectivity index (χ0n) is 34.5. The number of ether oxygens (including phenoxy) is 7. The van der Waals surface area contributed by atoms with Gasteiger partial charge in [0.2, 0.25) is 11.8 Å². The van der Waals surface area contributed by atoms with E-state index in [0.717, 1.165) is 38.2 Å². The number of pyridine rings is 1. The van der Waals surface area contributed by atoms with Crippen molar-refractivity contribution in [2.75, 3.05) is 86.3 Å². The first-order valence-corrected chi connectivity index (χ1v) is 20.0. The van der Waals surface area contributed by atoms with Crippen LogP contribution in [0.4, 0.5) is 0 Å². The molecule has 2 aromatic heterocycles. The molecule has 0 spiro atoms. The predicted octanol–water partition coefficient (Wildman–Crippen LogP) is 5.15. The molecule has 15 heteroatoms. The maximum absolute atomic E-state index is 13.1. The van der Waals surface area contributed by atoms with Gasteiger partial charge in [0.25, 0.3) is 11.8 Å². The van der Waals surface area contributed by atoms with E-state index in [0.29, 0.717) is 84.0 Å². The van der Waals surface area contributed by atoms with Gasteiger partial charge in [0.15, 0.2) is 0 Å². The second-order valence-electron chi connectivity index (χ2n) is 13.5. The predicted molar refractivity (Wildman–Crippen MR) is 226 cm³/mol. The highest BCUT2D eigenvalue weighted by molar-refractivity contribution is 6.23. The number of aldehydes is 1. The van der Waals surface area contributed by atoms with E-state index in [9.17, 15) is 19.2 Å². The Kier molecular flexibility index (Phi) is 18.0. The molecule has 2 aromatic carbocycles. The highest BCUT2D eigenvalue weighted by Crippen LogP contribution is 2.32. The number of nitrogens with zero attached hydrogens (tertiary/aromatic N) is 3. The minimum atomic E-state index is -1.08. The van der Waals surface area contributed by atoms with E-state index in [1.165, 1.54) is 19.2 Å². The second-order valence-corrected chi connectivity index (χ2v) is 13.5. The van der Waals surface area contributed by atoms with Gasteiger partial charge in [-0.3, -0.25) is 19.3 Å². The standard InChI is InChI=1S/C45H54N4O11/c1-5-8-39-35(6-2)36-13-10-32(29-41(36)48(39)4)33-11-15-42(47-31-33)60-28-26-58-24-22-56-20-18-54-17-19-55-21-23-57-25-27-59-34-12-14-37-38(30-34)45(53)49(44(37)52)40(9-7-16-50)43(51)46-3/h5-6,8,10-16,29-31,40H,2,7,9,17-28H2,1,3-4H3,(H,46,51)/b8-5-. The van der Waals surface area contributed by atoms with Crippen molar-refractivity contribution in [2.45, 2.75) is 25.8 Å². The Bertz CT molecular complexity index is 2100. The Labute approximate surface area is 350 Å². The normalized spacial score (nSPS) is 12.9. The summed E-state index contributed by atoms with van der Waals surface area (Å²) >= 11 is 0. The molecule has 1 aliphatic heterocycles. The lowest BCUT2D eigenvalue weighted by atomic mass is 10.0. The molecule has 0 fully saturated rings. The van der Waals surface area contributed by atoms with Crippen LogP contribution in [0, 0.1) is 0 Å². The van der Waals surface area contributed by atoms with Gasteiger partial charge in [0.05, 0.1) is 77.2 Å². The van der Waals surface area contributed by atoms with Gasteiger partial charge in [0.1, 0.15) is 31.3 Å². The summed E-state index contributed by atoms with van der Waals surface area (Å²) in [5, 5.41) is 3.61. The van der Waals surface area contributed by atoms with Gasteiger partial charge in [-0.25, -0.2) is 4.98 Å². The zero-order valence-corrected chi connectivity index (χ0v) is 34.5. The molecule has 15 nitrogen and oxygen atoms in total. The number of benzene rings is 2. The molecule has 1 atom stereocenters. The molecular formula is C45H54N4O11. The summed E-state index contributed by atoms with van der Waals surface area (Å²) in [6.07, 6.45) is 8.58. The van der Waals surface area contributed by atoms with E-state index in [1.807, 2.05) is 37.4 Å². The summed E-state index contributed by atoms with van der Waals surface area (Å²) < 4.78 is 41.4. The van der Waals surface area contributed by atoms with E-state index in [-0.39, 0.29) is 37.2 Å². The third-order valence-corrected chi connectivity index (χ3v) is 9.66. The highest BCUT2D eigenvalue weighted by atomic mass is 16.6. The van der Waals surface area contributed by atoms with Crippen molar-refractivity contribution in [1.82, 2.24) is 19.8 Å². The topological polar surface area (TPSA) is 166 Å². The van der Waals surface area contributed by atoms with E-state index >= 15 is 0 Å². The third kappa shape index (κ3) is 11.9. The minimum Gasteiger partial charge on any atom is -0.491 e. The molecule has 0 saturated heterocycles. The number of carbonyl (C=O) groups excluding carboxylic acids is 4. The van der Waals surface area contributed by atoms with Crippen molar-refractivity contribution in [3.63, 3.8) is 0 Å². The Hall–Kier alpha value is -5.71. The van der Waals surface area contributed by atoms with Crippen LogP contribution in [0.5, 0.6) is 11.6 Å². The van der Waals surface area contributed by atoms with E-state index in [1.54, 1.807) is 6.07 Å². The number of rotatable bonds is 28. The largest absolute Gasteiger partial charge is 0.491 e. The monoisotopic (exact) mass is 826 g/mol. The first-order valence-electron chi connectivity index (χ1n) is 20.0. The molecule has 0 bridgehead atoms. The number of nitrogens with one attached hydrogen (secondary N) is 1. The van der Waals surface area contributed by atoms with Gasteiger partial charge in [-0.15, -0.1) is 0 Å². The van der Waals surface area contributed by atoms with Crippen LogP contribution in [0.25, 0.3) is 34.2 Å². The van der Waals surface area contributed by atoms with Crippen LogP contribution < -0.4 is 14.8 Å². The first kappa shape index (κ1) is 45.4. The minimum absolute atomic E-state index is 0.0343. The summed E-state index contributed by atoms with van der Waals surface area (Å²) in [6, 6.07) is 13.7. The summed E-state index contributed by atoms with van der Waals surface area (Å²) in [6.45, 7) is 10.6. The molecule has 0 radical (unpaired) electrons. The molecule has 5 rings (SSSR count). The quantitative estimate of drug-likeness (QED) is 0.0456. The molecule has 4 aromatic rings. The molecule has 3 amide bonds.